The van der Waals surface area contributed by atoms with E-state index >= 15 is 0 Å². The number of fused-ring (bicyclic) bond motifs is 3. The Hall–Kier alpha value is -1.41. The summed E-state index contributed by atoms with van der Waals surface area (Å²) in [6.07, 6.45) is 0. The van der Waals surface area contributed by atoms with Crippen LogP contribution in [0.15, 0.2) is 109 Å². The minimum Gasteiger partial charge on any atom is -0.214 e. The summed E-state index contributed by atoms with van der Waals surface area (Å²) in [6, 6.07) is 38.2. The Morgan fingerprint density at radius 2 is 0.900 bits per heavy atom. The van der Waals surface area contributed by atoms with Gasteiger partial charge in [0, 0.05) is 0 Å². The van der Waals surface area contributed by atoms with Gasteiger partial charge in [-0.05, 0) is 10.8 Å². The van der Waals surface area contributed by atoms with Crippen LogP contribution in [0.1, 0.15) is 86.1 Å². The summed E-state index contributed by atoms with van der Waals surface area (Å²) in [7, 11) is 13.0. The molecule has 6 rings (SSSR count). The molecule has 50 heavy (non-hydrogen) atoms. The Balaban J connectivity index is 0.000000198. The molecule has 0 saturated carbocycles. The third kappa shape index (κ3) is 11.1. The summed E-state index contributed by atoms with van der Waals surface area (Å²) < 4.78 is 0.984. The van der Waals surface area contributed by atoms with Crippen molar-refractivity contribution in [3.8, 4) is 0 Å². The fourth-order valence-electron chi connectivity index (χ4n) is 5.76. The molecular weight excluding hydrogens is 820 g/mol. The zero-order valence-electron chi connectivity index (χ0n) is 29.5. The third-order valence-corrected chi connectivity index (χ3v) is 14.3. The maximum Gasteiger partial charge on any atom is -0.172 e. The van der Waals surface area contributed by atoms with E-state index in [9.17, 15) is 0 Å². The van der Waals surface area contributed by atoms with E-state index in [1.165, 1.54) is 32.7 Å². The normalized spacial score (nSPS) is 11.5. The number of halogens is 6. The average Bonchev–Trinajstić information content (AvgIpc) is 3.79. The van der Waals surface area contributed by atoms with Crippen molar-refractivity contribution in [3.63, 3.8) is 0 Å². The van der Waals surface area contributed by atoms with E-state index < -0.39 is 18.9 Å². The fraction of sp³-hybridized carbons (Fsp3) is 0.279. The van der Waals surface area contributed by atoms with Gasteiger partial charge in [0.05, 0.1) is 0 Å². The Morgan fingerprint density at radius 3 is 1.16 bits per heavy atom. The maximum absolute atomic E-state index is 6.49. The van der Waals surface area contributed by atoms with Gasteiger partial charge in [-0.15, -0.1) is 39.7 Å². The molecule has 0 atom stereocenters. The average molecular weight is 865 g/mol. The summed E-state index contributed by atoms with van der Waals surface area (Å²) >= 11 is 21.3. The van der Waals surface area contributed by atoms with Crippen LogP contribution >= 0.6 is 63.4 Å². The van der Waals surface area contributed by atoms with Crippen molar-refractivity contribution in [2.75, 3.05) is 0 Å². The monoisotopic (exact) mass is 860 g/mol. The first-order valence-electron chi connectivity index (χ1n) is 16.5. The molecule has 0 aliphatic heterocycles. The van der Waals surface area contributed by atoms with Gasteiger partial charge in [-0.1, -0.05) is 76.9 Å². The molecule has 0 fully saturated rings. The molecule has 6 aromatic rings. The van der Waals surface area contributed by atoms with Crippen LogP contribution in [0.5, 0.6) is 0 Å². The van der Waals surface area contributed by atoms with Crippen molar-refractivity contribution in [1.82, 2.24) is 0 Å². The summed E-state index contributed by atoms with van der Waals surface area (Å²) in [5.74, 6) is 1.62. The molecule has 0 heterocycles. The Bertz CT molecular complexity index is 1850. The molecular formula is C43H44Cl6Zr-2. The van der Waals surface area contributed by atoms with E-state index in [-0.39, 0.29) is 10.8 Å². The van der Waals surface area contributed by atoms with E-state index in [2.05, 4.69) is 84.0 Å². The van der Waals surface area contributed by atoms with Crippen molar-refractivity contribution >= 4 is 88.2 Å². The quantitative estimate of drug-likeness (QED) is 0.116. The summed E-state index contributed by atoms with van der Waals surface area (Å²) in [5, 5.41) is 5.49. The number of hydrogen-bond acceptors (Lipinski definition) is 0. The topological polar surface area (TPSA) is 0 Å². The van der Waals surface area contributed by atoms with E-state index in [1.54, 1.807) is 0 Å². The van der Waals surface area contributed by atoms with Crippen molar-refractivity contribution in [2.24, 2.45) is 0 Å². The number of benzene rings is 4. The van der Waals surface area contributed by atoms with Crippen molar-refractivity contribution < 1.29 is 18.9 Å². The second kappa shape index (κ2) is 18.6. The van der Waals surface area contributed by atoms with Gasteiger partial charge in [0.15, 0.2) is 0 Å². The van der Waals surface area contributed by atoms with Crippen molar-refractivity contribution in [3.05, 3.63) is 154 Å². The molecule has 0 spiro atoms. The Kier molecular flexibility index (Phi) is 15.4. The molecule has 0 aliphatic carbocycles. The van der Waals surface area contributed by atoms with Crippen LogP contribution < -0.4 is 0 Å². The number of alkyl halides is 4. The van der Waals surface area contributed by atoms with Crippen LogP contribution in [0.2, 0.25) is 0 Å². The van der Waals surface area contributed by atoms with Gasteiger partial charge < -0.3 is 0 Å². The second-order valence-electron chi connectivity index (χ2n) is 14.5. The molecule has 0 aliphatic rings. The van der Waals surface area contributed by atoms with Crippen molar-refractivity contribution in [1.29, 1.82) is 0 Å². The van der Waals surface area contributed by atoms with Gasteiger partial charge >= 0.3 is 179 Å². The van der Waals surface area contributed by atoms with E-state index in [0.717, 1.165) is 36.6 Å². The van der Waals surface area contributed by atoms with Gasteiger partial charge in [-0.25, -0.2) is 12.1 Å². The molecule has 0 radical (unpaired) electrons. The summed E-state index contributed by atoms with van der Waals surface area (Å²) in [4.78, 5) is 0. The molecule has 0 N–H and O–H groups in total. The second-order valence-corrected chi connectivity index (χ2v) is 23.7. The zero-order chi connectivity index (χ0) is 36.6. The fourth-order valence-corrected chi connectivity index (χ4v) is 10.7. The first kappa shape index (κ1) is 41.4. The molecule has 7 heteroatoms. The minimum atomic E-state index is -2.78. The SMILES string of the molecule is CC(C)(C)c1ccc2[cH-]c3ccc(C(C)(C)C)cc3c2c1.ClCc1cc(CCl)cc([C](c2cc(CCl)cc(CCl)c2)=[Zr]([Cl])[Cl])c1.c1cc[cH-]c1. The van der Waals surface area contributed by atoms with E-state index in [4.69, 9.17) is 63.4 Å². The van der Waals surface area contributed by atoms with Gasteiger partial charge in [-0.3, -0.25) is 0 Å². The molecule has 6 aromatic carbocycles. The number of rotatable bonds is 6. The third-order valence-electron chi connectivity index (χ3n) is 8.48. The largest absolute Gasteiger partial charge is 0.214 e. The first-order chi connectivity index (χ1) is 23.7. The van der Waals surface area contributed by atoms with Gasteiger partial charge in [0.1, 0.15) is 0 Å². The predicted octanol–water partition coefficient (Wildman–Crippen LogP) is 14.8. The first-order valence-corrected chi connectivity index (χ1v) is 26.2. The molecule has 264 valence electrons. The molecule has 0 unspecified atom stereocenters. The summed E-state index contributed by atoms with van der Waals surface area (Å²) in [6.45, 7) is 13.7. The van der Waals surface area contributed by atoms with Crippen LogP contribution in [0.4, 0.5) is 0 Å². The predicted molar refractivity (Wildman–Crippen MR) is 223 cm³/mol. The Labute approximate surface area is 333 Å². The zero-order valence-corrected chi connectivity index (χ0v) is 36.5. The van der Waals surface area contributed by atoms with Crippen LogP contribution in [-0.4, -0.2) is 3.21 Å². The summed E-state index contributed by atoms with van der Waals surface area (Å²) in [5.41, 5.74) is 9.13. The minimum absolute atomic E-state index is 0.194. The van der Waals surface area contributed by atoms with Crippen LogP contribution in [0.25, 0.3) is 21.5 Å². The van der Waals surface area contributed by atoms with Crippen LogP contribution in [0.3, 0.4) is 0 Å². The van der Waals surface area contributed by atoms with E-state index in [0.29, 0.717) is 23.5 Å². The van der Waals surface area contributed by atoms with E-state index in [1.807, 2.05) is 66.7 Å². The van der Waals surface area contributed by atoms with Crippen molar-refractivity contribution in [2.45, 2.75) is 75.9 Å². The standard InChI is InChI=1S/C21H25.C17H14Cl4.C5H5.2ClH.Zr/c1-20(2,3)16-9-7-14-11-15-8-10-17(21(4,5)6)13-19(15)18(14)12-16;18-8-14-2-12(3-15(6-14)9-19)1-13-4-16(10-20)7-17(5-13)11-21;1-2-4-5-3-1;;;/h7-13H,1-6H3;2-7H,8-11H2;1-5H;2*1H;/q-1;;-1;;;+2/p-2. The smallest absolute Gasteiger partial charge is 0.172 e. The maximum atomic E-state index is 6.49. The molecule has 0 aromatic heterocycles. The molecule has 0 nitrogen and oxygen atoms in total. The van der Waals surface area contributed by atoms with Crippen LogP contribution in [-0.2, 0) is 53.2 Å². The number of hydrogen-bond donors (Lipinski definition) is 0. The van der Waals surface area contributed by atoms with Gasteiger partial charge in [0.2, 0.25) is 0 Å². The Morgan fingerprint density at radius 1 is 0.540 bits per heavy atom. The van der Waals surface area contributed by atoms with Crippen LogP contribution in [0, 0.1) is 0 Å². The molecule has 0 amide bonds. The van der Waals surface area contributed by atoms with Gasteiger partial charge in [-0.2, -0.15) is 18.2 Å². The van der Waals surface area contributed by atoms with Gasteiger partial charge in [0.25, 0.3) is 0 Å². The molecule has 0 bridgehead atoms. The molecule has 0 saturated heterocycles.